The highest BCUT2D eigenvalue weighted by Gasteiger charge is 2.26. The summed E-state index contributed by atoms with van der Waals surface area (Å²) in [5.41, 5.74) is 4.42. The molecule has 3 heterocycles. The Bertz CT molecular complexity index is 1300. The molecule has 1 aliphatic heterocycles. The lowest BCUT2D eigenvalue weighted by Gasteiger charge is -2.22. The first-order chi connectivity index (χ1) is 17.1. The number of methoxy groups -OCH3 is 1. The van der Waals surface area contributed by atoms with Crippen LogP contribution in [0.15, 0.2) is 67.3 Å². The molecule has 35 heavy (non-hydrogen) atoms. The maximum Gasteiger partial charge on any atom is 0.230 e. The molecule has 0 aliphatic carbocycles. The van der Waals surface area contributed by atoms with Gasteiger partial charge in [-0.25, -0.2) is 14.4 Å². The number of halogens is 1. The van der Waals surface area contributed by atoms with E-state index in [4.69, 9.17) is 9.47 Å². The van der Waals surface area contributed by atoms with Crippen molar-refractivity contribution in [2.75, 3.05) is 32.2 Å². The van der Waals surface area contributed by atoms with E-state index in [1.807, 2.05) is 71.1 Å². The van der Waals surface area contributed by atoms with Crippen molar-refractivity contribution in [2.24, 2.45) is 0 Å². The molecule has 0 unspecified atom stereocenters. The summed E-state index contributed by atoms with van der Waals surface area (Å²) >= 11 is 0. The van der Waals surface area contributed by atoms with Crippen LogP contribution in [0.1, 0.15) is 22.9 Å². The number of rotatable bonds is 7. The van der Waals surface area contributed by atoms with Gasteiger partial charge in [-0.2, -0.15) is 4.98 Å². The van der Waals surface area contributed by atoms with Crippen molar-refractivity contribution in [3.63, 3.8) is 0 Å². The summed E-state index contributed by atoms with van der Waals surface area (Å²) in [4.78, 5) is 15.5. The Hall–Kier alpha value is -3.98. The third-order valence-corrected chi connectivity index (χ3v) is 5.89. The number of fused-ring (bicyclic) bond motifs is 1. The van der Waals surface area contributed by atoms with Gasteiger partial charge in [0.05, 0.1) is 24.8 Å². The Kier molecular flexibility index (Phi) is 6.58. The highest BCUT2D eigenvalue weighted by atomic mass is 19.1. The van der Waals surface area contributed by atoms with E-state index in [1.54, 1.807) is 19.6 Å². The van der Waals surface area contributed by atoms with Crippen LogP contribution in [0.5, 0.6) is 11.6 Å². The second-order valence-electron chi connectivity index (χ2n) is 8.40. The van der Waals surface area contributed by atoms with Crippen molar-refractivity contribution in [3.8, 4) is 17.3 Å². The lowest BCUT2D eigenvalue weighted by Crippen LogP contribution is -2.30. The number of imidazole rings is 1. The van der Waals surface area contributed by atoms with E-state index in [0.29, 0.717) is 37.2 Å². The van der Waals surface area contributed by atoms with E-state index >= 15 is 0 Å². The standard InChI is InChI=1S/C26H27FN6O2/c1-18-14-33(17-29-18)22-9-8-21(12-23(22)34-2)30-26-28-13-20-15-32(11-10-27)16-24(35-25(20)31-26)19-6-4-3-5-7-19/h3-9,12-14,17,24H,10-11,15-16H2,1-2H3,(H,28,30,31)/t24-/m0/s1. The number of alkyl halides is 1. The minimum absolute atomic E-state index is 0.259. The molecule has 0 saturated carbocycles. The van der Waals surface area contributed by atoms with Gasteiger partial charge in [-0.1, -0.05) is 30.3 Å². The molecule has 2 aromatic carbocycles. The summed E-state index contributed by atoms with van der Waals surface area (Å²) in [5, 5.41) is 3.24. The maximum atomic E-state index is 13.2. The van der Waals surface area contributed by atoms with Gasteiger partial charge in [0, 0.05) is 49.3 Å². The van der Waals surface area contributed by atoms with Crippen molar-refractivity contribution >= 4 is 11.6 Å². The summed E-state index contributed by atoms with van der Waals surface area (Å²) in [6, 6.07) is 15.7. The Morgan fingerprint density at radius 3 is 2.77 bits per heavy atom. The van der Waals surface area contributed by atoms with E-state index < -0.39 is 6.67 Å². The molecule has 1 N–H and O–H groups in total. The highest BCUT2D eigenvalue weighted by Crippen LogP contribution is 2.32. The van der Waals surface area contributed by atoms with Gasteiger partial charge >= 0.3 is 0 Å². The molecule has 0 amide bonds. The number of nitrogens with one attached hydrogen (secondary N) is 1. The van der Waals surface area contributed by atoms with Crippen molar-refractivity contribution in [3.05, 3.63) is 84.1 Å². The van der Waals surface area contributed by atoms with Crippen molar-refractivity contribution in [1.29, 1.82) is 0 Å². The molecule has 1 atom stereocenters. The number of anilines is 2. The van der Waals surface area contributed by atoms with Crippen LogP contribution in [0.4, 0.5) is 16.0 Å². The zero-order chi connectivity index (χ0) is 24.2. The van der Waals surface area contributed by atoms with Crippen molar-refractivity contribution < 1.29 is 13.9 Å². The predicted octanol–water partition coefficient (Wildman–Crippen LogP) is 4.63. The summed E-state index contributed by atoms with van der Waals surface area (Å²) in [6.07, 6.45) is 5.17. The average molecular weight is 475 g/mol. The molecule has 1 aliphatic rings. The van der Waals surface area contributed by atoms with Crippen LogP contribution < -0.4 is 14.8 Å². The quantitative estimate of drug-likeness (QED) is 0.419. The predicted molar refractivity (Wildman–Crippen MR) is 131 cm³/mol. The molecule has 180 valence electrons. The number of hydrogen-bond donors (Lipinski definition) is 1. The molecule has 0 spiro atoms. The molecule has 9 heteroatoms. The minimum atomic E-state index is -0.423. The number of aromatic nitrogens is 4. The summed E-state index contributed by atoms with van der Waals surface area (Å²) < 4.78 is 27.0. The van der Waals surface area contributed by atoms with Crippen LogP contribution in [0.25, 0.3) is 5.69 Å². The van der Waals surface area contributed by atoms with E-state index in [0.717, 1.165) is 28.2 Å². The Balaban J connectivity index is 1.41. The van der Waals surface area contributed by atoms with Crippen LogP contribution >= 0.6 is 0 Å². The molecule has 0 bridgehead atoms. The normalized spacial score (nSPS) is 15.7. The van der Waals surface area contributed by atoms with Crippen LogP contribution in [-0.2, 0) is 6.54 Å². The number of ether oxygens (including phenoxy) is 2. The van der Waals surface area contributed by atoms with Gasteiger partial charge in [-0.3, -0.25) is 4.90 Å². The highest BCUT2D eigenvalue weighted by molar-refractivity contribution is 5.62. The van der Waals surface area contributed by atoms with Gasteiger partial charge in [0.15, 0.2) is 0 Å². The fraction of sp³-hybridized carbons (Fsp3) is 0.269. The second-order valence-corrected chi connectivity index (χ2v) is 8.40. The number of benzene rings is 2. The van der Waals surface area contributed by atoms with Gasteiger partial charge in [0.2, 0.25) is 11.8 Å². The monoisotopic (exact) mass is 474 g/mol. The zero-order valence-corrected chi connectivity index (χ0v) is 19.7. The minimum Gasteiger partial charge on any atom is -0.494 e. The van der Waals surface area contributed by atoms with Gasteiger partial charge in [0.1, 0.15) is 18.5 Å². The van der Waals surface area contributed by atoms with Crippen LogP contribution in [0.2, 0.25) is 0 Å². The lowest BCUT2D eigenvalue weighted by atomic mass is 10.1. The first-order valence-electron chi connectivity index (χ1n) is 11.4. The SMILES string of the molecule is COc1cc(Nc2ncc3c(n2)O[C@H](c2ccccc2)CN(CCF)C3)ccc1-n1cnc(C)c1. The Morgan fingerprint density at radius 2 is 2.03 bits per heavy atom. The number of nitrogens with zero attached hydrogens (tertiary/aromatic N) is 5. The lowest BCUT2D eigenvalue weighted by molar-refractivity contribution is 0.139. The fourth-order valence-corrected chi connectivity index (χ4v) is 4.16. The first kappa shape index (κ1) is 22.8. The van der Waals surface area contributed by atoms with Crippen LogP contribution in [-0.4, -0.2) is 51.3 Å². The summed E-state index contributed by atoms with van der Waals surface area (Å²) in [6.45, 7) is 2.94. The number of hydrogen-bond acceptors (Lipinski definition) is 7. The topological polar surface area (TPSA) is 77.3 Å². The zero-order valence-electron chi connectivity index (χ0n) is 19.7. The van der Waals surface area contributed by atoms with Crippen molar-refractivity contribution in [2.45, 2.75) is 19.6 Å². The van der Waals surface area contributed by atoms with E-state index in [9.17, 15) is 4.39 Å². The molecule has 0 radical (unpaired) electrons. The smallest absolute Gasteiger partial charge is 0.230 e. The second kappa shape index (κ2) is 10.1. The molecular formula is C26H27FN6O2. The molecule has 4 aromatic rings. The third kappa shape index (κ3) is 5.09. The van der Waals surface area contributed by atoms with Crippen LogP contribution in [0, 0.1) is 6.92 Å². The summed E-state index contributed by atoms with van der Waals surface area (Å²) in [7, 11) is 1.63. The Labute approximate surface area is 203 Å². The molecule has 2 aromatic heterocycles. The maximum absolute atomic E-state index is 13.2. The molecule has 8 nitrogen and oxygen atoms in total. The molecular weight excluding hydrogens is 447 g/mol. The van der Waals surface area contributed by atoms with E-state index in [1.165, 1.54) is 0 Å². The largest absolute Gasteiger partial charge is 0.494 e. The molecule has 5 rings (SSSR count). The molecule has 0 fully saturated rings. The van der Waals surface area contributed by atoms with E-state index in [2.05, 4.69) is 20.3 Å². The number of aryl methyl sites for hydroxylation is 1. The fourth-order valence-electron chi connectivity index (χ4n) is 4.16. The van der Waals surface area contributed by atoms with Gasteiger partial charge in [0.25, 0.3) is 0 Å². The first-order valence-corrected chi connectivity index (χ1v) is 11.4. The van der Waals surface area contributed by atoms with Crippen molar-refractivity contribution in [1.82, 2.24) is 24.4 Å². The summed E-state index contributed by atoms with van der Waals surface area (Å²) in [5.74, 6) is 1.59. The average Bonchev–Trinajstić information content (AvgIpc) is 3.22. The van der Waals surface area contributed by atoms with Gasteiger partial charge < -0.3 is 19.4 Å². The molecule has 0 saturated heterocycles. The van der Waals surface area contributed by atoms with Crippen LogP contribution in [0.3, 0.4) is 0 Å². The van der Waals surface area contributed by atoms with Gasteiger partial charge in [-0.15, -0.1) is 0 Å². The Morgan fingerprint density at radius 1 is 1.17 bits per heavy atom. The van der Waals surface area contributed by atoms with Gasteiger partial charge in [-0.05, 0) is 24.6 Å². The third-order valence-electron chi connectivity index (χ3n) is 5.89. The van der Waals surface area contributed by atoms with E-state index in [-0.39, 0.29) is 6.10 Å².